The minimum Gasteiger partial charge on any atom is -0.496 e. The van der Waals surface area contributed by atoms with Crippen LogP contribution in [0, 0.1) is 0 Å². The molecule has 2 rings (SSSR count). The summed E-state index contributed by atoms with van der Waals surface area (Å²) in [7, 11) is -6.24. The average molecular weight is 423 g/mol. The second-order valence-electron chi connectivity index (χ2n) is 5.01. The van der Waals surface area contributed by atoms with E-state index in [-0.39, 0.29) is 21.9 Å². The Morgan fingerprint density at radius 3 is 2.22 bits per heavy atom. The summed E-state index contributed by atoms with van der Waals surface area (Å²) < 4.78 is 80.2. The number of ether oxygens (including phenoxy) is 1. The number of halogens is 3. The van der Waals surface area contributed by atoms with Crippen molar-refractivity contribution < 1.29 is 40.4 Å². The third-order valence-corrected chi connectivity index (χ3v) is 5.74. The van der Waals surface area contributed by atoms with E-state index < -0.39 is 37.2 Å². The van der Waals surface area contributed by atoms with Crippen LogP contribution < -0.4 is 9.46 Å². The molecule has 0 bridgehead atoms. The number of anilines is 1. The molecule has 0 aromatic heterocycles. The minimum atomic E-state index is -4.93. The summed E-state index contributed by atoms with van der Waals surface area (Å²) in [6.07, 6.45) is 0. The molecule has 2 aromatic carbocycles. The molecule has 146 valence electrons. The molecule has 0 radical (unpaired) electrons. The molecule has 0 amide bonds. The Bertz CT molecular complexity index is 988. The molecule has 1 atom stereocenters. The van der Waals surface area contributed by atoms with Crippen LogP contribution in [0.5, 0.6) is 5.75 Å². The van der Waals surface area contributed by atoms with E-state index >= 15 is 0 Å². The molecule has 2 N–H and O–H groups in total. The van der Waals surface area contributed by atoms with Crippen molar-refractivity contribution in [3.8, 4) is 5.75 Å². The largest absolute Gasteiger partial charge is 0.496 e. The van der Waals surface area contributed by atoms with Gasteiger partial charge in [0.2, 0.25) is 0 Å². The summed E-state index contributed by atoms with van der Waals surface area (Å²) >= 11 is 0. The topological polar surface area (TPSA) is 110 Å². The van der Waals surface area contributed by atoms with E-state index in [0.29, 0.717) is 0 Å². The van der Waals surface area contributed by atoms with E-state index in [1.54, 1.807) is 0 Å². The quantitative estimate of drug-likeness (QED) is 0.740. The van der Waals surface area contributed by atoms with E-state index in [1.165, 1.54) is 7.11 Å². The van der Waals surface area contributed by atoms with Crippen molar-refractivity contribution in [2.75, 3.05) is 11.8 Å². The molecule has 0 aliphatic rings. The molecule has 0 aliphatic heterocycles. The van der Waals surface area contributed by atoms with E-state index in [2.05, 4.69) is 4.72 Å². The summed E-state index contributed by atoms with van der Waals surface area (Å²) in [5.41, 5.74) is -5.40. The van der Waals surface area contributed by atoms with Crippen LogP contribution in [0.25, 0.3) is 0 Å². The molecule has 0 saturated carbocycles. The Morgan fingerprint density at radius 2 is 1.74 bits per heavy atom. The van der Waals surface area contributed by atoms with Crippen LogP contribution in [0.3, 0.4) is 0 Å². The molecule has 7 nitrogen and oxygen atoms in total. The second-order valence-corrected chi connectivity index (χ2v) is 8.17. The molecule has 0 aliphatic carbocycles. The smallest absolute Gasteiger partial charge is 0.475 e. The number of hydrogen-bond donors (Lipinski definition) is 2. The fraction of sp³-hybridized carbons (Fsp3) is 0.133. The Hall–Kier alpha value is -2.60. The molecule has 0 heterocycles. The first-order chi connectivity index (χ1) is 12.5. The number of methoxy groups -OCH3 is 1. The van der Waals surface area contributed by atoms with Gasteiger partial charge in [-0.1, -0.05) is 0 Å². The van der Waals surface area contributed by atoms with Gasteiger partial charge in [-0.2, -0.15) is 13.2 Å². The van der Waals surface area contributed by atoms with Gasteiger partial charge in [0.25, 0.3) is 10.0 Å². The maximum Gasteiger partial charge on any atom is 0.475 e. The fourth-order valence-corrected chi connectivity index (χ4v) is 3.75. The van der Waals surface area contributed by atoms with Crippen molar-refractivity contribution in [2.24, 2.45) is 0 Å². The molecular formula is C15H12F3NO6S2. The van der Waals surface area contributed by atoms with Gasteiger partial charge in [-0.05, 0) is 42.5 Å². The number of carboxylic acids is 1. The van der Waals surface area contributed by atoms with Crippen molar-refractivity contribution in [3.63, 3.8) is 0 Å². The average Bonchev–Trinajstić information content (AvgIpc) is 2.60. The third-order valence-electron chi connectivity index (χ3n) is 3.24. The van der Waals surface area contributed by atoms with Gasteiger partial charge in [0, 0.05) is 10.6 Å². The highest BCUT2D eigenvalue weighted by molar-refractivity contribution is 7.92. The van der Waals surface area contributed by atoms with E-state index in [9.17, 15) is 30.6 Å². The summed E-state index contributed by atoms with van der Waals surface area (Å²) in [4.78, 5) is 10.3. The number of carbonyl (C=O) groups is 1. The van der Waals surface area contributed by atoms with Crippen LogP contribution in [0.2, 0.25) is 0 Å². The van der Waals surface area contributed by atoms with E-state index in [1.807, 2.05) is 0 Å². The normalized spacial score (nSPS) is 13.0. The Labute approximate surface area is 154 Å². The van der Waals surface area contributed by atoms with Crippen molar-refractivity contribution in [1.82, 2.24) is 0 Å². The Balaban J connectivity index is 2.30. The highest BCUT2D eigenvalue weighted by atomic mass is 32.2. The summed E-state index contributed by atoms with van der Waals surface area (Å²) in [6, 6.07) is 6.93. The van der Waals surface area contributed by atoms with Crippen LogP contribution in [-0.2, 0) is 20.8 Å². The highest BCUT2D eigenvalue weighted by Crippen LogP contribution is 2.28. The SMILES string of the molecule is COc1ccc(S(=O)(=O)Nc2ccc([S@@](=O)C(F)(F)F)cc2)cc1C(=O)O. The summed E-state index contributed by atoms with van der Waals surface area (Å²) in [5, 5.41) is 9.11. The van der Waals surface area contributed by atoms with Gasteiger partial charge < -0.3 is 9.84 Å². The molecular weight excluding hydrogens is 411 g/mol. The lowest BCUT2D eigenvalue weighted by Gasteiger charge is -2.11. The van der Waals surface area contributed by atoms with Crippen LogP contribution in [-0.4, -0.2) is 36.3 Å². The van der Waals surface area contributed by atoms with E-state index in [0.717, 1.165) is 42.5 Å². The summed E-state index contributed by atoms with van der Waals surface area (Å²) in [5.74, 6) is -1.44. The Morgan fingerprint density at radius 1 is 1.15 bits per heavy atom. The van der Waals surface area contributed by atoms with Crippen LogP contribution >= 0.6 is 0 Å². The van der Waals surface area contributed by atoms with Gasteiger partial charge in [0.1, 0.15) is 11.3 Å². The predicted octanol–water partition coefficient (Wildman–Crippen LogP) is 2.82. The predicted molar refractivity (Wildman–Crippen MR) is 89.7 cm³/mol. The number of benzene rings is 2. The zero-order valence-corrected chi connectivity index (χ0v) is 15.1. The number of sulfonamides is 1. The number of hydrogen-bond acceptors (Lipinski definition) is 5. The van der Waals surface area contributed by atoms with Gasteiger partial charge >= 0.3 is 11.5 Å². The van der Waals surface area contributed by atoms with Gasteiger partial charge in [-0.15, -0.1) is 0 Å². The molecule has 0 fully saturated rings. The maximum atomic E-state index is 12.4. The van der Waals surface area contributed by atoms with Crippen molar-refractivity contribution in [3.05, 3.63) is 48.0 Å². The fourth-order valence-electron chi connectivity index (χ4n) is 2.02. The number of rotatable bonds is 6. The van der Waals surface area contributed by atoms with Crippen LogP contribution in [0.1, 0.15) is 10.4 Å². The lowest BCUT2D eigenvalue weighted by molar-refractivity contribution is -0.0384. The minimum absolute atomic E-state index is 0.0413. The molecule has 12 heteroatoms. The van der Waals surface area contributed by atoms with Gasteiger partial charge in [-0.25, -0.2) is 17.4 Å². The first kappa shape index (κ1) is 20.7. The van der Waals surface area contributed by atoms with Gasteiger partial charge in [0.05, 0.1) is 12.0 Å². The number of carboxylic acid groups (broad SMARTS) is 1. The second kappa shape index (κ2) is 7.56. The lowest BCUT2D eigenvalue weighted by atomic mass is 10.2. The zero-order chi connectivity index (χ0) is 20.4. The van der Waals surface area contributed by atoms with Crippen molar-refractivity contribution in [1.29, 1.82) is 0 Å². The monoisotopic (exact) mass is 423 g/mol. The molecule has 27 heavy (non-hydrogen) atoms. The zero-order valence-electron chi connectivity index (χ0n) is 13.5. The Kier molecular flexibility index (Phi) is 5.80. The maximum absolute atomic E-state index is 12.4. The van der Waals surface area contributed by atoms with Gasteiger partial charge in [0.15, 0.2) is 10.8 Å². The molecule has 0 unspecified atom stereocenters. The first-order valence-electron chi connectivity index (χ1n) is 6.98. The molecule has 0 spiro atoms. The van der Waals surface area contributed by atoms with Crippen LogP contribution in [0.15, 0.2) is 52.3 Å². The van der Waals surface area contributed by atoms with Gasteiger partial charge in [-0.3, -0.25) is 4.72 Å². The van der Waals surface area contributed by atoms with E-state index in [4.69, 9.17) is 9.84 Å². The first-order valence-corrected chi connectivity index (χ1v) is 9.62. The highest BCUT2D eigenvalue weighted by Gasteiger charge is 2.37. The number of aromatic carboxylic acids is 1. The summed E-state index contributed by atoms with van der Waals surface area (Å²) in [6.45, 7) is 0. The number of nitrogens with one attached hydrogen (secondary N) is 1. The third kappa shape index (κ3) is 4.77. The van der Waals surface area contributed by atoms with Crippen LogP contribution in [0.4, 0.5) is 18.9 Å². The molecule has 2 aromatic rings. The lowest BCUT2D eigenvalue weighted by Crippen LogP contribution is -2.16. The number of alkyl halides is 3. The standard InChI is InChI=1S/C15H12F3NO6S2/c1-25-13-7-6-11(8-12(13)14(20)21)27(23,24)19-9-2-4-10(5-3-9)26(22)15(16,17)18/h2-8,19H,1H3,(H,20,21)/t26-/m1/s1. The van der Waals surface area contributed by atoms with Crippen molar-refractivity contribution >= 4 is 32.5 Å². The van der Waals surface area contributed by atoms with Crippen molar-refractivity contribution in [2.45, 2.75) is 15.3 Å². The molecule has 0 saturated heterocycles.